The summed E-state index contributed by atoms with van der Waals surface area (Å²) in [5, 5.41) is 10.8. The molecule has 4 rings (SSSR count). The number of aromatic nitrogens is 2. The van der Waals surface area contributed by atoms with E-state index in [0.717, 1.165) is 0 Å². The van der Waals surface area contributed by atoms with Crippen molar-refractivity contribution in [2.75, 3.05) is 13.2 Å². The van der Waals surface area contributed by atoms with Crippen LogP contribution in [0, 0.1) is 11.7 Å². The number of nitrogens with one attached hydrogen (secondary N) is 1. The number of rotatable bonds is 7. The van der Waals surface area contributed by atoms with E-state index < -0.39 is 24.4 Å². The number of amides is 1. The van der Waals surface area contributed by atoms with Gasteiger partial charge < -0.3 is 19.2 Å². The highest BCUT2D eigenvalue weighted by Crippen LogP contribution is 2.41. The van der Waals surface area contributed by atoms with Gasteiger partial charge in [0.25, 0.3) is 5.91 Å². The summed E-state index contributed by atoms with van der Waals surface area (Å²) < 4.78 is 70.4. The Kier molecular flexibility index (Phi) is 6.84. The maximum absolute atomic E-state index is 12.9. The van der Waals surface area contributed by atoms with Crippen molar-refractivity contribution in [1.82, 2.24) is 15.5 Å². The molecule has 1 amide bonds. The van der Waals surface area contributed by atoms with Crippen molar-refractivity contribution in [2.45, 2.75) is 56.7 Å². The van der Waals surface area contributed by atoms with Crippen molar-refractivity contribution in [3.05, 3.63) is 41.9 Å². The Labute approximate surface area is 186 Å². The van der Waals surface area contributed by atoms with Gasteiger partial charge in [0.2, 0.25) is 11.8 Å². The summed E-state index contributed by atoms with van der Waals surface area (Å²) in [5.74, 6) is -0.0447. The molecule has 1 aromatic carbocycles. The molecule has 1 unspecified atom stereocenters. The lowest BCUT2D eigenvalue weighted by Crippen LogP contribution is -2.47. The van der Waals surface area contributed by atoms with Gasteiger partial charge in [-0.3, -0.25) is 9.53 Å². The number of halogens is 4. The zero-order chi connectivity index (χ0) is 23.6. The Hall–Kier alpha value is -2.73. The maximum atomic E-state index is 12.9. The van der Waals surface area contributed by atoms with E-state index in [0.29, 0.717) is 12.2 Å². The molecule has 180 valence electrons. The Morgan fingerprint density at radius 1 is 1.15 bits per heavy atom. The summed E-state index contributed by atoms with van der Waals surface area (Å²) in [6.45, 7) is 1.95. The molecule has 0 radical (unpaired) electrons. The highest BCUT2D eigenvalue weighted by Gasteiger charge is 2.43. The van der Waals surface area contributed by atoms with Gasteiger partial charge >= 0.3 is 6.36 Å². The highest BCUT2D eigenvalue weighted by atomic mass is 19.4. The number of alkyl halides is 3. The van der Waals surface area contributed by atoms with Crippen LogP contribution in [0.3, 0.4) is 0 Å². The van der Waals surface area contributed by atoms with Crippen LogP contribution in [0.2, 0.25) is 0 Å². The molecular weight excluding hydrogens is 450 g/mol. The summed E-state index contributed by atoms with van der Waals surface area (Å²) in [4.78, 5) is 12.2. The van der Waals surface area contributed by atoms with E-state index in [-0.39, 0.29) is 61.6 Å². The lowest BCUT2D eigenvalue weighted by Gasteiger charge is -2.34. The van der Waals surface area contributed by atoms with E-state index in [1.165, 1.54) is 24.3 Å². The second-order valence-electron chi connectivity index (χ2n) is 8.28. The Morgan fingerprint density at radius 3 is 2.52 bits per heavy atom. The summed E-state index contributed by atoms with van der Waals surface area (Å²) >= 11 is 0. The summed E-state index contributed by atoms with van der Waals surface area (Å²) in [5.41, 5.74) is 0. The molecule has 33 heavy (non-hydrogen) atoms. The summed E-state index contributed by atoms with van der Waals surface area (Å²) in [6, 6.07) is 5.11. The molecular formula is C21H23F4N3O5. The van der Waals surface area contributed by atoms with Gasteiger partial charge in [-0.15, -0.1) is 23.4 Å². The van der Waals surface area contributed by atoms with Gasteiger partial charge in [0.05, 0.1) is 18.8 Å². The molecule has 2 fully saturated rings. The fourth-order valence-electron chi connectivity index (χ4n) is 3.83. The van der Waals surface area contributed by atoms with Gasteiger partial charge in [-0.05, 0) is 49.4 Å². The van der Waals surface area contributed by atoms with Crippen LogP contribution in [0.4, 0.5) is 17.6 Å². The van der Waals surface area contributed by atoms with Crippen LogP contribution in [0.1, 0.15) is 50.0 Å². The first-order valence-corrected chi connectivity index (χ1v) is 10.5. The van der Waals surface area contributed by atoms with E-state index in [2.05, 4.69) is 20.3 Å². The highest BCUT2D eigenvalue weighted by molar-refractivity contribution is 5.77. The number of carbonyl (C=O) groups is 1. The number of hydrogen-bond donors (Lipinski definition) is 1. The molecule has 1 saturated heterocycles. The molecule has 2 heterocycles. The second kappa shape index (κ2) is 9.64. The number of ether oxygens (including phenoxy) is 3. The normalized spacial score (nSPS) is 27.6. The molecule has 8 nitrogen and oxygen atoms in total. The third-order valence-corrected chi connectivity index (χ3v) is 5.76. The van der Waals surface area contributed by atoms with E-state index in [1.807, 2.05) is 6.92 Å². The van der Waals surface area contributed by atoms with E-state index in [9.17, 15) is 22.4 Å². The Balaban J connectivity index is 1.22. The van der Waals surface area contributed by atoms with Gasteiger partial charge in [0.1, 0.15) is 17.7 Å². The Morgan fingerprint density at radius 2 is 1.85 bits per heavy atom. The van der Waals surface area contributed by atoms with Crippen LogP contribution in [0.5, 0.6) is 5.75 Å². The number of carbonyl (C=O) groups excluding carboxylic acids is 1. The largest absolute Gasteiger partial charge is 0.522 e. The third-order valence-electron chi connectivity index (χ3n) is 5.76. The summed E-state index contributed by atoms with van der Waals surface area (Å²) in [7, 11) is 0. The summed E-state index contributed by atoms with van der Waals surface area (Å²) in [6.07, 6.45) is -5.18. The van der Waals surface area contributed by atoms with Crippen LogP contribution in [-0.4, -0.2) is 47.8 Å². The minimum Gasteiger partial charge on any atom is -0.484 e. The van der Waals surface area contributed by atoms with Crippen molar-refractivity contribution in [3.8, 4) is 5.75 Å². The minimum absolute atomic E-state index is 0.0298. The zero-order valence-corrected chi connectivity index (χ0v) is 17.7. The predicted octanol–water partition coefficient (Wildman–Crippen LogP) is 3.65. The SMILES string of the molecule is CC1C[C@H](c2nnc([C@H]3C[C@@H](OC(F)(F)F)C3)o2)OC[C@H]1NC(=O)COc1ccc(F)cc1. The van der Waals surface area contributed by atoms with Crippen LogP contribution < -0.4 is 10.1 Å². The number of hydrogen-bond acceptors (Lipinski definition) is 7. The van der Waals surface area contributed by atoms with Crippen molar-refractivity contribution >= 4 is 5.91 Å². The molecule has 1 N–H and O–H groups in total. The minimum atomic E-state index is -4.65. The molecule has 2 aliphatic rings. The van der Waals surface area contributed by atoms with E-state index in [4.69, 9.17) is 13.9 Å². The third kappa shape index (κ3) is 6.20. The second-order valence-corrected chi connectivity index (χ2v) is 8.28. The molecule has 12 heteroatoms. The average molecular weight is 473 g/mol. The van der Waals surface area contributed by atoms with Gasteiger partial charge in [-0.1, -0.05) is 6.92 Å². The molecule has 2 aromatic rings. The molecule has 1 aliphatic carbocycles. The number of benzene rings is 1. The molecule has 0 bridgehead atoms. The van der Waals surface area contributed by atoms with Crippen LogP contribution in [0.25, 0.3) is 0 Å². The van der Waals surface area contributed by atoms with Gasteiger partial charge in [0, 0.05) is 5.92 Å². The molecule has 0 spiro atoms. The first kappa shape index (κ1) is 23.4. The predicted molar refractivity (Wildman–Crippen MR) is 104 cm³/mol. The van der Waals surface area contributed by atoms with Crippen molar-refractivity contribution in [3.63, 3.8) is 0 Å². The van der Waals surface area contributed by atoms with Crippen molar-refractivity contribution < 1.29 is 41.0 Å². The molecule has 1 aliphatic heterocycles. The first-order valence-electron chi connectivity index (χ1n) is 10.5. The lowest BCUT2D eigenvalue weighted by molar-refractivity contribution is -0.352. The van der Waals surface area contributed by atoms with Crippen molar-refractivity contribution in [2.24, 2.45) is 5.92 Å². The van der Waals surface area contributed by atoms with Gasteiger partial charge in [0.15, 0.2) is 6.61 Å². The molecule has 3 atom stereocenters. The fraction of sp³-hybridized carbons (Fsp3) is 0.571. The topological polar surface area (TPSA) is 95.7 Å². The van der Waals surface area contributed by atoms with E-state index in [1.54, 1.807) is 0 Å². The van der Waals surface area contributed by atoms with Crippen LogP contribution in [-0.2, 0) is 14.3 Å². The zero-order valence-electron chi connectivity index (χ0n) is 17.7. The first-order chi connectivity index (χ1) is 15.7. The smallest absolute Gasteiger partial charge is 0.484 e. The lowest BCUT2D eigenvalue weighted by atomic mass is 9.82. The quantitative estimate of drug-likeness (QED) is 0.614. The van der Waals surface area contributed by atoms with Crippen molar-refractivity contribution in [1.29, 1.82) is 0 Å². The monoisotopic (exact) mass is 473 g/mol. The van der Waals surface area contributed by atoms with Crippen LogP contribution in [0.15, 0.2) is 28.7 Å². The van der Waals surface area contributed by atoms with Gasteiger partial charge in [-0.2, -0.15) is 0 Å². The maximum Gasteiger partial charge on any atom is 0.522 e. The molecule has 1 aromatic heterocycles. The van der Waals surface area contributed by atoms with Crippen LogP contribution >= 0.6 is 0 Å². The number of nitrogens with zero attached hydrogens (tertiary/aromatic N) is 2. The average Bonchev–Trinajstić information content (AvgIpc) is 3.20. The van der Waals surface area contributed by atoms with E-state index >= 15 is 0 Å². The van der Waals surface area contributed by atoms with Gasteiger partial charge in [-0.25, -0.2) is 4.39 Å². The Bertz CT molecular complexity index is 946. The molecule has 1 saturated carbocycles. The standard InChI is InChI=1S/C21H23F4N3O5/c1-11-6-17(20-28-27-19(32-20)12-7-15(8-12)33-21(23,24)25)31-9-16(11)26-18(29)10-30-14-4-2-13(22)3-5-14/h2-5,11-12,15-17H,6-10H2,1H3,(H,26,29)/t11?,12-,15+,16-,17-/m1/s1. The fourth-order valence-corrected chi connectivity index (χ4v) is 3.83.